The maximum Gasteiger partial charge on any atom is 0.251 e. The average Bonchev–Trinajstić information content (AvgIpc) is 3.44. The van der Waals surface area contributed by atoms with E-state index < -0.39 is 0 Å². The van der Waals surface area contributed by atoms with Gasteiger partial charge in [-0.1, -0.05) is 29.9 Å². The summed E-state index contributed by atoms with van der Waals surface area (Å²) in [6.45, 7) is 4.73. The first-order valence-corrected chi connectivity index (χ1v) is 12.1. The highest BCUT2D eigenvalue weighted by Crippen LogP contribution is 2.25. The van der Waals surface area contributed by atoms with Crippen LogP contribution in [0.5, 0.6) is 0 Å². The molecule has 10 heteroatoms. The molecule has 0 aliphatic carbocycles. The van der Waals surface area contributed by atoms with Crippen LogP contribution in [-0.2, 0) is 11.2 Å². The third kappa shape index (κ3) is 5.66. The Morgan fingerprint density at radius 3 is 2.47 bits per heavy atom. The van der Waals surface area contributed by atoms with Crippen LogP contribution in [0.4, 0.5) is 10.1 Å². The van der Waals surface area contributed by atoms with E-state index in [9.17, 15) is 14.0 Å². The molecule has 0 radical (unpaired) electrons. The maximum atomic E-state index is 13.4. The van der Waals surface area contributed by atoms with E-state index >= 15 is 0 Å². The van der Waals surface area contributed by atoms with Crippen molar-refractivity contribution in [3.8, 4) is 5.69 Å². The first kappa shape index (κ1) is 24.0. The number of anilines is 1. The summed E-state index contributed by atoms with van der Waals surface area (Å²) in [5.41, 5.74) is 2.02. The summed E-state index contributed by atoms with van der Waals surface area (Å²) in [6, 6.07) is 13.0. The first-order valence-electron chi connectivity index (χ1n) is 10.8. The Labute approximate surface area is 206 Å². The lowest BCUT2D eigenvalue weighted by atomic mass is 10.2. The summed E-state index contributed by atoms with van der Waals surface area (Å²) < 4.78 is 15.2. The molecule has 2 heterocycles. The second-order valence-electron chi connectivity index (χ2n) is 7.72. The zero-order valence-electron chi connectivity index (χ0n) is 18.3. The van der Waals surface area contributed by atoms with Crippen molar-refractivity contribution in [3.63, 3.8) is 0 Å². The number of nitrogens with zero attached hydrogens (tertiary/aromatic N) is 4. The quantitative estimate of drug-likeness (QED) is 0.443. The third-order valence-electron chi connectivity index (χ3n) is 5.29. The number of halogens is 2. The fourth-order valence-electron chi connectivity index (χ4n) is 3.65. The third-order valence-corrected chi connectivity index (χ3v) is 6.60. The van der Waals surface area contributed by atoms with Crippen LogP contribution in [0.2, 0.25) is 0 Å². The van der Waals surface area contributed by atoms with Gasteiger partial charge < -0.3 is 10.2 Å². The van der Waals surface area contributed by atoms with Crippen LogP contribution in [0.15, 0.2) is 65.3 Å². The monoisotopic (exact) mass is 499 g/mol. The summed E-state index contributed by atoms with van der Waals surface area (Å²) in [6.07, 6.45) is 1.83. The molecule has 0 atom stereocenters. The van der Waals surface area contributed by atoms with Crippen LogP contribution in [-0.4, -0.2) is 45.4 Å². The largest absolute Gasteiger partial charge is 0.352 e. The van der Waals surface area contributed by atoms with Gasteiger partial charge in [0.1, 0.15) is 11.6 Å². The van der Waals surface area contributed by atoms with E-state index in [1.54, 1.807) is 41.3 Å². The van der Waals surface area contributed by atoms with Crippen LogP contribution in [0, 0.1) is 5.82 Å². The number of carbonyl (C=O) groups is 2. The minimum absolute atomic E-state index is 0.107. The Balaban J connectivity index is 1.42. The average molecular weight is 500 g/mol. The van der Waals surface area contributed by atoms with Gasteiger partial charge in [-0.05, 0) is 55.0 Å². The predicted octanol–water partition coefficient (Wildman–Crippen LogP) is 4.35. The molecule has 3 aromatic rings. The van der Waals surface area contributed by atoms with Gasteiger partial charge in [-0.3, -0.25) is 14.2 Å². The molecule has 1 saturated heterocycles. The summed E-state index contributed by atoms with van der Waals surface area (Å²) in [4.78, 5) is 26.2. The lowest BCUT2D eigenvalue weighted by Gasteiger charge is -2.15. The zero-order chi connectivity index (χ0) is 24.1. The number of aromatic nitrogens is 3. The molecule has 0 spiro atoms. The van der Waals surface area contributed by atoms with E-state index in [1.807, 2.05) is 4.57 Å². The Morgan fingerprint density at radius 2 is 1.82 bits per heavy atom. The Hall–Kier alpha value is -3.17. The number of benzene rings is 2. The van der Waals surface area contributed by atoms with E-state index in [2.05, 4.69) is 22.1 Å². The van der Waals surface area contributed by atoms with Gasteiger partial charge in [-0.25, -0.2) is 4.39 Å². The number of amides is 2. The van der Waals surface area contributed by atoms with Gasteiger partial charge in [0.05, 0.1) is 0 Å². The van der Waals surface area contributed by atoms with Crippen LogP contribution in [0.25, 0.3) is 5.69 Å². The van der Waals surface area contributed by atoms with Crippen molar-refractivity contribution < 1.29 is 14.0 Å². The fourth-order valence-corrected chi connectivity index (χ4v) is 4.54. The van der Waals surface area contributed by atoms with Gasteiger partial charge in [-0.15, -0.1) is 10.2 Å². The molecule has 1 N–H and O–H groups in total. The highest BCUT2D eigenvalue weighted by molar-refractivity contribution is 7.99. The van der Waals surface area contributed by atoms with E-state index in [0.29, 0.717) is 58.9 Å². The predicted molar refractivity (Wildman–Crippen MR) is 131 cm³/mol. The van der Waals surface area contributed by atoms with Gasteiger partial charge in [-0.2, -0.15) is 0 Å². The van der Waals surface area contributed by atoms with Crippen molar-refractivity contribution in [2.45, 2.75) is 24.4 Å². The van der Waals surface area contributed by atoms with E-state index in [1.165, 1.54) is 23.9 Å². The van der Waals surface area contributed by atoms with Crippen LogP contribution < -0.4 is 10.2 Å². The van der Waals surface area contributed by atoms with Crippen molar-refractivity contribution in [1.29, 1.82) is 0 Å². The highest BCUT2D eigenvalue weighted by atomic mass is 35.5. The molecule has 4 rings (SSSR count). The molecule has 176 valence electrons. The standard InChI is InChI=1S/C24H23ClFN5O2S/c1-16(25)15-34-24-29-28-21(31(24)20-10-6-18(26)7-11-20)12-13-27-23(33)17-4-8-19(9-5-17)30-14-2-3-22(30)32/h4-11H,1-3,12-15H2,(H,27,33). The van der Waals surface area contributed by atoms with Crippen LogP contribution in [0.1, 0.15) is 29.0 Å². The summed E-state index contributed by atoms with van der Waals surface area (Å²) in [5.74, 6) is 0.624. The second-order valence-corrected chi connectivity index (χ2v) is 9.20. The van der Waals surface area contributed by atoms with Crippen molar-refractivity contribution in [1.82, 2.24) is 20.1 Å². The van der Waals surface area contributed by atoms with Gasteiger partial charge in [0, 0.05) is 53.7 Å². The molecular formula is C24H23ClFN5O2S. The van der Waals surface area contributed by atoms with Crippen molar-refractivity contribution in [3.05, 3.63) is 77.3 Å². The topological polar surface area (TPSA) is 80.1 Å². The van der Waals surface area contributed by atoms with Gasteiger partial charge in [0.2, 0.25) is 5.91 Å². The molecular weight excluding hydrogens is 477 g/mol. The Bertz CT molecular complexity index is 1200. The van der Waals surface area contributed by atoms with E-state index in [0.717, 1.165) is 12.1 Å². The van der Waals surface area contributed by atoms with Crippen molar-refractivity contribution in [2.24, 2.45) is 0 Å². The smallest absolute Gasteiger partial charge is 0.251 e. The normalized spacial score (nSPS) is 13.4. The molecule has 0 unspecified atom stereocenters. The maximum absolute atomic E-state index is 13.4. The zero-order valence-corrected chi connectivity index (χ0v) is 19.9. The van der Waals surface area contributed by atoms with Crippen molar-refractivity contribution >= 4 is 40.9 Å². The molecule has 1 aliphatic rings. The van der Waals surface area contributed by atoms with Crippen LogP contribution >= 0.6 is 23.4 Å². The first-order chi connectivity index (χ1) is 16.4. The number of thioether (sulfide) groups is 1. The van der Waals surface area contributed by atoms with E-state index in [4.69, 9.17) is 11.6 Å². The number of rotatable bonds is 9. The van der Waals surface area contributed by atoms with Gasteiger partial charge in [0.15, 0.2) is 5.16 Å². The molecule has 34 heavy (non-hydrogen) atoms. The molecule has 2 amide bonds. The Kier molecular flexibility index (Phi) is 7.64. The molecule has 7 nitrogen and oxygen atoms in total. The van der Waals surface area contributed by atoms with Crippen LogP contribution in [0.3, 0.4) is 0 Å². The minimum Gasteiger partial charge on any atom is -0.352 e. The number of hydrogen-bond acceptors (Lipinski definition) is 5. The molecule has 1 aliphatic heterocycles. The fraction of sp³-hybridized carbons (Fsp3) is 0.250. The lowest BCUT2D eigenvalue weighted by Crippen LogP contribution is -2.27. The summed E-state index contributed by atoms with van der Waals surface area (Å²) in [5, 5.41) is 12.5. The number of nitrogens with one attached hydrogen (secondary N) is 1. The van der Waals surface area contributed by atoms with Crippen molar-refractivity contribution in [2.75, 3.05) is 23.7 Å². The van der Waals surface area contributed by atoms with E-state index in [-0.39, 0.29) is 17.6 Å². The molecule has 0 bridgehead atoms. The molecule has 1 aromatic heterocycles. The van der Waals surface area contributed by atoms with Gasteiger partial charge in [0.25, 0.3) is 5.91 Å². The number of hydrogen-bond donors (Lipinski definition) is 1. The highest BCUT2D eigenvalue weighted by Gasteiger charge is 2.22. The molecule has 1 fully saturated rings. The Morgan fingerprint density at radius 1 is 1.12 bits per heavy atom. The SMILES string of the molecule is C=C(Cl)CSc1nnc(CCNC(=O)c2ccc(N3CCCC3=O)cc2)n1-c1ccc(F)cc1. The molecule has 0 saturated carbocycles. The number of carbonyl (C=O) groups excluding carboxylic acids is 2. The summed E-state index contributed by atoms with van der Waals surface area (Å²) in [7, 11) is 0. The summed E-state index contributed by atoms with van der Waals surface area (Å²) >= 11 is 7.27. The lowest BCUT2D eigenvalue weighted by molar-refractivity contribution is -0.117. The second kappa shape index (κ2) is 10.8. The minimum atomic E-state index is -0.339. The van der Waals surface area contributed by atoms with Gasteiger partial charge >= 0.3 is 0 Å². The molecule has 2 aromatic carbocycles.